The van der Waals surface area contributed by atoms with Crippen LogP contribution in [0.4, 0.5) is 18.0 Å². The Kier molecular flexibility index (Phi) is 10.1. The quantitative estimate of drug-likeness (QED) is 0.361. The molecule has 1 aromatic rings. The van der Waals surface area contributed by atoms with Gasteiger partial charge in [0.15, 0.2) is 5.60 Å². The molecule has 0 aliphatic heterocycles. The number of esters is 1. The summed E-state index contributed by atoms with van der Waals surface area (Å²) in [6, 6.07) is 4.72. The second kappa shape index (κ2) is 11.6. The number of nitrogens with one attached hydrogen (secondary N) is 1. The number of alkyl halides is 3. The molecule has 1 rings (SSSR count). The van der Waals surface area contributed by atoms with Gasteiger partial charge in [0, 0.05) is 19.1 Å². The van der Waals surface area contributed by atoms with Crippen molar-refractivity contribution in [3.63, 3.8) is 0 Å². The van der Waals surface area contributed by atoms with Crippen molar-refractivity contribution in [3.8, 4) is 0 Å². The fourth-order valence-electron chi connectivity index (χ4n) is 2.79. The van der Waals surface area contributed by atoms with Crippen molar-refractivity contribution < 1.29 is 45.8 Å². The number of hydrogen-bond acceptors (Lipinski definition) is 7. The third-order valence-electron chi connectivity index (χ3n) is 4.40. The standard InChI is InChI=1S/C23H33F3N2O7S/c1-20(2,3)34-18(29)17(28-19(30)35-21(4,5)6)12-14-27-36(32,33)15-13-22(31,23(24,25)26)16-10-8-7-9-11-16/h7-11,14,17,31H,12-13,15H2,1-6H3,(H,28,30)/t17-,22-/m0/s1. The van der Waals surface area contributed by atoms with E-state index < -0.39 is 75.3 Å². The summed E-state index contributed by atoms with van der Waals surface area (Å²) in [6.07, 6.45) is -6.99. The molecule has 0 aromatic heterocycles. The lowest BCUT2D eigenvalue weighted by molar-refractivity contribution is -0.267. The van der Waals surface area contributed by atoms with Gasteiger partial charge in [0.1, 0.15) is 17.2 Å². The molecule has 1 amide bonds. The van der Waals surface area contributed by atoms with Crippen LogP contribution in [-0.2, 0) is 29.9 Å². The van der Waals surface area contributed by atoms with Crippen LogP contribution in [0.15, 0.2) is 34.7 Å². The van der Waals surface area contributed by atoms with Crippen molar-refractivity contribution >= 4 is 28.3 Å². The summed E-state index contributed by atoms with van der Waals surface area (Å²) in [7, 11) is -4.48. The molecule has 0 heterocycles. The lowest BCUT2D eigenvalue weighted by atomic mass is 9.90. The number of benzene rings is 1. The molecule has 0 saturated heterocycles. The molecule has 36 heavy (non-hydrogen) atoms. The molecule has 204 valence electrons. The summed E-state index contributed by atoms with van der Waals surface area (Å²) in [5.74, 6) is -2.03. The van der Waals surface area contributed by atoms with E-state index in [1.165, 1.54) is 18.2 Å². The van der Waals surface area contributed by atoms with Crippen molar-refractivity contribution in [3.05, 3.63) is 35.9 Å². The van der Waals surface area contributed by atoms with Crippen LogP contribution in [0.1, 0.15) is 59.9 Å². The highest BCUT2D eigenvalue weighted by Gasteiger charge is 2.55. The maximum atomic E-state index is 13.6. The van der Waals surface area contributed by atoms with Crippen LogP contribution in [0, 0.1) is 0 Å². The number of carbonyl (C=O) groups is 2. The number of amides is 1. The number of nitrogens with zero attached hydrogens (tertiary/aromatic N) is 1. The normalized spacial score (nSPS) is 15.7. The van der Waals surface area contributed by atoms with Crippen LogP contribution in [0.2, 0.25) is 0 Å². The maximum Gasteiger partial charge on any atom is 0.421 e. The zero-order valence-electron chi connectivity index (χ0n) is 21.0. The Morgan fingerprint density at radius 2 is 1.56 bits per heavy atom. The Morgan fingerprint density at radius 3 is 2.03 bits per heavy atom. The van der Waals surface area contributed by atoms with Gasteiger partial charge in [0.25, 0.3) is 10.0 Å². The average molecular weight is 539 g/mol. The van der Waals surface area contributed by atoms with E-state index in [9.17, 15) is 36.3 Å². The predicted molar refractivity (Wildman–Crippen MR) is 127 cm³/mol. The fourth-order valence-corrected chi connectivity index (χ4v) is 3.76. The lowest BCUT2D eigenvalue weighted by Crippen LogP contribution is -2.46. The number of alkyl carbamates (subject to hydrolysis) is 1. The first-order valence-corrected chi connectivity index (χ1v) is 12.6. The molecule has 2 N–H and O–H groups in total. The van der Waals surface area contributed by atoms with E-state index in [0.717, 1.165) is 18.3 Å². The first-order valence-electron chi connectivity index (χ1n) is 11.0. The van der Waals surface area contributed by atoms with Crippen LogP contribution in [0.3, 0.4) is 0 Å². The molecule has 1 aromatic carbocycles. The minimum Gasteiger partial charge on any atom is -0.458 e. The zero-order chi connectivity index (χ0) is 28.0. The predicted octanol–water partition coefficient (Wildman–Crippen LogP) is 3.85. The van der Waals surface area contributed by atoms with Gasteiger partial charge in [-0.3, -0.25) is 0 Å². The van der Waals surface area contributed by atoms with Crippen molar-refractivity contribution in [2.75, 3.05) is 5.75 Å². The van der Waals surface area contributed by atoms with Crippen molar-refractivity contribution in [1.29, 1.82) is 0 Å². The Morgan fingerprint density at radius 1 is 1.03 bits per heavy atom. The molecular formula is C23H33F3N2O7S. The largest absolute Gasteiger partial charge is 0.458 e. The van der Waals surface area contributed by atoms with Crippen molar-refractivity contribution in [1.82, 2.24) is 5.32 Å². The number of sulfonamides is 1. The molecule has 0 bridgehead atoms. The summed E-state index contributed by atoms with van der Waals surface area (Å²) in [5.41, 5.74) is -5.72. The maximum absolute atomic E-state index is 13.6. The van der Waals surface area contributed by atoms with Crippen LogP contribution < -0.4 is 5.32 Å². The topological polar surface area (TPSA) is 131 Å². The molecule has 9 nitrogen and oxygen atoms in total. The van der Waals surface area contributed by atoms with E-state index in [-0.39, 0.29) is 0 Å². The number of aliphatic hydroxyl groups is 1. The second-order valence-electron chi connectivity index (χ2n) is 10.0. The minimum atomic E-state index is -5.15. The Hall–Kier alpha value is -2.67. The summed E-state index contributed by atoms with van der Waals surface area (Å²) >= 11 is 0. The molecule has 0 unspecified atom stereocenters. The third kappa shape index (κ3) is 10.5. The zero-order valence-corrected chi connectivity index (χ0v) is 21.9. The highest BCUT2D eigenvalue weighted by atomic mass is 32.2. The number of halogens is 3. The molecule has 0 aliphatic rings. The van der Waals surface area contributed by atoms with Gasteiger partial charge in [0.2, 0.25) is 0 Å². The van der Waals surface area contributed by atoms with E-state index in [0.29, 0.717) is 0 Å². The van der Waals surface area contributed by atoms with Crippen LogP contribution >= 0.6 is 0 Å². The third-order valence-corrected chi connectivity index (χ3v) is 5.59. The first-order chi connectivity index (χ1) is 16.2. The molecule has 0 saturated carbocycles. The molecule has 13 heteroatoms. The average Bonchev–Trinajstić information content (AvgIpc) is 2.68. The Balaban J connectivity index is 3.01. The van der Waals surface area contributed by atoms with Crippen molar-refractivity contribution in [2.24, 2.45) is 4.40 Å². The van der Waals surface area contributed by atoms with Gasteiger partial charge in [-0.1, -0.05) is 30.3 Å². The lowest BCUT2D eigenvalue weighted by Gasteiger charge is -2.30. The second-order valence-corrected chi connectivity index (χ2v) is 11.8. The van der Waals surface area contributed by atoms with Gasteiger partial charge >= 0.3 is 18.2 Å². The summed E-state index contributed by atoms with van der Waals surface area (Å²) in [5, 5.41) is 12.6. The monoisotopic (exact) mass is 538 g/mol. The first kappa shape index (κ1) is 31.4. The number of carbonyl (C=O) groups excluding carboxylic acids is 2. The van der Waals surface area contributed by atoms with Gasteiger partial charge < -0.3 is 19.9 Å². The van der Waals surface area contributed by atoms with E-state index in [2.05, 4.69) is 9.71 Å². The van der Waals surface area contributed by atoms with E-state index in [4.69, 9.17) is 9.47 Å². The summed E-state index contributed by atoms with van der Waals surface area (Å²) < 4.78 is 79.0. The Labute approximate surface area is 209 Å². The molecule has 0 radical (unpaired) electrons. The molecular weight excluding hydrogens is 505 g/mol. The minimum absolute atomic E-state index is 0.449. The molecule has 0 spiro atoms. The SMILES string of the molecule is CC(C)(C)OC(=O)N[C@@H](CC=NS(=O)(=O)CC[C@](O)(c1ccccc1)C(F)(F)F)C(=O)OC(C)(C)C. The van der Waals surface area contributed by atoms with Gasteiger partial charge in [-0.15, -0.1) is 0 Å². The summed E-state index contributed by atoms with van der Waals surface area (Å²) in [4.78, 5) is 24.6. The van der Waals surface area contributed by atoms with E-state index >= 15 is 0 Å². The van der Waals surface area contributed by atoms with E-state index in [1.54, 1.807) is 41.5 Å². The molecule has 0 fully saturated rings. The van der Waals surface area contributed by atoms with Crippen LogP contribution in [0.25, 0.3) is 0 Å². The van der Waals surface area contributed by atoms with Gasteiger partial charge in [-0.05, 0) is 47.1 Å². The smallest absolute Gasteiger partial charge is 0.421 e. The highest BCUT2D eigenvalue weighted by molar-refractivity contribution is 7.90. The number of rotatable bonds is 9. The van der Waals surface area contributed by atoms with E-state index in [1.807, 2.05) is 0 Å². The van der Waals surface area contributed by atoms with Crippen LogP contribution in [-0.4, -0.2) is 61.0 Å². The number of hydrogen-bond donors (Lipinski definition) is 2. The number of ether oxygens (including phenoxy) is 2. The van der Waals surface area contributed by atoms with Gasteiger partial charge in [0.05, 0.1) is 5.75 Å². The molecule has 2 atom stereocenters. The Bertz CT molecular complexity index is 1030. The van der Waals surface area contributed by atoms with Crippen molar-refractivity contribution in [2.45, 2.75) is 83.4 Å². The van der Waals surface area contributed by atoms with Crippen LogP contribution in [0.5, 0.6) is 0 Å². The van der Waals surface area contributed by atoms with Gasteiger partial charge in [-0.25, -0.2) is 18.0 Å². The summed E-state index contributed by atoms with van der Waals surface area (Å²) in [6.45, 7) is 9.55. The highest BCUT2D eigenvalue weighted by Crippen LogP contribution is 2.41. The molecule has 0 aliphatic carbocycles. The fraction of sp³-hybridized carbons (Fsp3) is 0.609. The van der Waals surface area contributed by atoms with Gasteiger partial charge in [-0.2, -0.15) is 17.6 Å².